The first kappa shape index (κ1) is 26.3. The zero-order chi connectivity index (χ0) is 26.6. The first-order valence-electron chi connectivity index (χ1n) is 12.2. The van der Waals surface area contributed by atoms with Crippen molar-refractivity contribution in [2.75, 3.05) is 0 Å². The van der Waals surface area contributed by atoms with Gasteiger partial charge in [-0.25, -0.2) is 4.79 Å². The number of ether oxygens (including phenoxy) is 6. The van der Waals surface area contributed by atoms with Crippen LogP contribution in [0, 0.1) is 5.92 Å². The van der Waals surface area contributed by atoms with Gasteiger partial charge in [0.15, 0.2) is 0 Å². The smallest absolute Gasteiger partial charge is 0.334 e. The van der Waals surface area contributed by atoms with E-state index in [4.69, 9.17) is 28.4 Å². The molecule has 0 aromatic carbocycles. The zero-order valence-corrected chi connectivity index (χ0v) is 21.5. The van der Waals surface area contributed by atoms with E-state index in [1.807, 2.05) is 19.9 Å². The van der Waals surface area contributed by atoms with Crippen molar-refractivity contribution >= 4 is 23.9 Å². The number of fused-ring (bicyclic) bond motifs is 4. The number of epoxide rings is 2. The molecule has 9 atom stereocenters. The summed E-state index contributed by atoms with van der Waals surface area (Å²) in [6.07, 6.45) is -0.850. The standard InChI is InChI=1S/C26H34O10/c1-12-8-9-19(33-16(5)29)26(7)23(36-26)22-21(13(2)24(30)34-22)18(32-15(4)28)11-25(6)20(35-25)10-17(12)31-14(3)27/h8,17-23H,2,9-11H2,1,3-7H3. The summed E-state index contributed by atoms with van der Waals surface area (Å²) in [4.78, 5) is 48.4. The van der Waals surface area contributed by atoms with Crippen LogP contribution in [0.5, 0.6) is 0 Å². The van der Waals surface area contributed by atoms with Crippen molar-refractivity contribution in [3.63, 3.8) is 0 Å². The van der Waals surface area contributed by atoms with Gasteiger partial charge in [0.25, 0.3) is 0 Å². The van der Waals surface area contributed by atoms with Gasteiger partial charge < -0.3 is 28.4 Å². The van der Waals surface area contributed by atoms with Crippen molar-refractivity contribution < 1.29 is 47.6 Å². The maximum Gasteiger partial charge on any atom is 0.334 e. The molecule has 10 heteroatoms. The van der Waals surface area contributed by atoms with Gasteiger partial charge in [0, 0.05) is 45.6 Å². The van der Waals surface area contributed by atoms with Crippen molar-refractivity contribution in [3.05, 3.63) is 23.8 Å². The molecule has 3 aliphatic heterocycles. The summed E-state index contributed by atoms with van der Waals surface area (Å²) >= 11 is 0. The molecule has 3 saturated heterocycles. The lowest BCUT2D eigenvalue weighted by atomic mass is 9.80. The lowest BCUT2D eigenvalue weighted by molar-refractivity contribution is -0.152. The highest BCUT2D eigenvalue weighted by atomic mass is 16.7. The van der Waals surface area contributed by atoms with Crippen LogP contribution in [-0.4, -0.2) is 71.7 Å². The monoisotopic (exact) mass is 506 g/mol. The predicted octanol–water partition coefficient (Wildman–Crippen LogP) is 2.32. The Morgan fingerprint density at radius 1 is 1.03 bits per heavy atom. The van der Waals surface area contributed by atoms with Gasteiger partial charge in [0.2, 0.25) is 0 Å². The summed E-state index contributed by atoms with van der Waals surface area (Å²) in [5.41, 5.74) is -0.656. The van der Waals surface area contributed by atoms with E-state index in [0.29, 0.717) is 12.8 Å². The molecule has 4 aliphatic rings. The van der Waals surface area contributed by atoms with Crippen molar-refractivity contribution in [1.82, 2.24) is 0 Å². The third kappa shape index (κ3) is 5.06. The molecule has 0 amide bonds. The average molecular weight is 507 g/mol. The van der Waals surface area contributed by atoms with E-state index in [0.717, 1.165) is 5.57 Å². The Kier molecular flexibility index (Phi) is 6.81. The molecule has 0 saturated carbocycles. The van der Waals surface area contributed by atoms with E-state index in [2.05, 4.69) is 6.58 Å². The molecule has 0 aromatic rings. The molecule has 0 radical (unpaired) electrons. The van der Waals surface area contributed by atoms with Crippen LogP contribution in [-0.2, 0) is 47.6 Å². The molecule has 36 heavy (non-hydrogen) atoms. The summed E-state index contributed by atoms with van der Waals surface area (Å²) in [6, 6.07) is 0. The van der Waals surface area contributed by atoms with Crippen LogP contribution >= 0.6 is 0 Å². The van der Waals surface area contributed by atoms with Gasteiger partial charge in [-0.15, -0.1) is 0 Å². The summed E-state index contributed by atoms with van der Waals surface area (Å²) < 4.78 is 34.7. The Morgan fingerprint density at radius 2 is 1.67 bits per heavy atom. The van der Waals surface area contributed by atoms with Gasteiger partial charge in [-0.05, 0) is 26.3 Å². The van der Waals surface area contributed by atoms with E-state index in [1.54, 1.807) is 6.92 Å². The largest absolute Gasteiger partial charge is 0.462 e. The molecular weight excluding hydrogens is 472 g/mol. The highest BCUT2D eigenvalue weighted by Crippen LogP contribution is 2.53. The van der Waals surface area contributed by atoms with Crippen LogP contribution in [0.4, 0.5) is 0 Å². The van der Waals surface area contributed by atoms with Crippen molar-refractivity contribution in [3.8, 4) is 0 Å². The second-order valence-corrected chi connectivity index (χ2v) is 10.5. The predicted molar refractivity (Wildman–Crippen MR) is 123 cm³/mol. The minimum Gasteiger partial charge on any atom is -0.462 e. The third-order valence-electron chi connectivity index (χ3n) is 7.65. The highest BCUT2D eigenvalue weighted by molar-refractivity contribution is 5.91. The van der Waals surface area contributed by atoms with Crippen molar-refractivity contribution in [2.45, 2.75) is 109 Å². The molecule has 198 valence electrons. The molecule has 0 N–H and O–H groups in total. The molecule has 4 rings (SSSR count). The fourth-order valence-electron chi connectivity index (χ4n) is 5.55. The van der Waals surface area contributed by atoms with Gasteiger partial charge in [-0.2, -0.15) is 0 Å². The molecular formula is C26H34O10. The third-order valence-corrected chi connectivity index (χ3v) is 7.65. The van der Waals surface area contributed by atoms with E-state index >= 15 is 0 Å². The van der Waals surface area contributed by atoms with Gasteiger partial charge in [-0.3, -0.25) is 14.4 Å². The van der Waals surface area contributed by atoms with Gasteiger partial charge >= 0.3 is 23.9 Å². The molecule has 3 heterocycles. The molecule has 0 spiro atoms. The summed E-state index contributed by atoms with van der Waals surface area (Å²) in [6.45, 7) is 13.4. The summed E-state index contributed by atoms with van der Waals surface area (Å²) in [5, 5.41) is 0. The SMILES string of the molecule is C=C1C(=O)OC2C1C(OC(C)=O)CC1(C)OC1CC(OC(C)=O)C(C)=CCC(OC(C)=O)C1(C)OC21. The summed E-state index contributed by atoms with van der Waals surface area (Å²) in [5.74, 6) is -2.68. The molecule has 9 unspecified atom stereocenters. The summed E-state index contributed by atoms with van der Waals surface area (Å²) in [7, 11) is 0. The number of rotatable bonds is 3. The molecule has 3 fully saturated rings. The molecule has 0 aromatic heterocycles. The van der Waals surface area contributed by atoms with Gasteiger partial charge in [0.1, 0.15) is 36.1 Å². The Bertz CT molecular complexity index is 1020. The van der Waals surface area contributed by atoms with Crippen LogP contribution in [0.3, 0.4) is 0 Å². The number of hydrogen-bond donors (Lipinski definition) is 0. The molecule has 1 aliphatic carbocycles. The lowest BCUT2D eigenvalue weighted by Crippen LogP contribution is -2.43. The Hall–Kier alpha value is -2.72. The normalized spacial score (nSPS) is 41.8. The zero-order valence-electron chi connectivity index (χ0n) is 21.5. The second-order valence-electron chi connectivity index (χ2n) is 10.5. The molecule has 0 bridgehead atoms. The number of esters is 4. The second kappa shape index (κ2) is 9.30. The van der Waals surface area contributed by atoms with Crippen LogP contribution in [0.15, 0.2) is 23.8 Å². The number of hydrogen-bond acceptors (Lipinski definition) is 10. The fraction of sp³-hybridized carbons (Fsp3) is 0.692. The number of carbonyl (C=O) groups is 4. The first-order valence-corrected chi connectivity index (χ1v) is 12.2. The van der Waals surface area contributed by atoms with E-state index in [1.165, 1.54) is 20.8 Å². The first-order chi connectivity index (χ1) is 16.7. The van der Waals surface area contributed by atoms with Crippen LogP contribution in [0.1, 0.15) is 60.8 Å². The van der Waals surface area contributed by atoms with Crippen LogP contribution in [0.2, 0.25) is 0 Å². The van der Waals surface area contributed by atoms with Crippen molar-refractivity contribution in [1.29, 1.82) is 0 Å². The Morgan fingerprint density at radius 3 is 2.28 bits per heavy atom. The van der Waals surface area contributed by atoms with E-state index < -0.39 is 71.5 Å². The Balaban J connectivity index is 1.74. The fourth-order valence-corrected chi connectivity index (χ4v) is 5.55. The van der Waals surface area contributed by atoms with Crippen molar-refractivity contribution in [2.24, 2.45) is 5.92 Å². The lowest BCUT2D eigenvalue weighted by Gasteiger charge is -2.29. The van der Waals surface area contributed by atoms with E-state index in [-0.39, 0.29) is 18.1 Å². The maximum atomic E-state index is 12.6. The minimum atomic E-state index is -0.958. The van der Waals surface area contributed by atoms with Crippen LogP contribution < -0.4 is 0 Å². The van der Waals surface area contributed by atoms with Gasteiger partial charge in [0.05, 0.1) is 17.6 Å². The highest BCUT2D eigenvalue weighted by Gasteiger charge is 2.68. The maximum absolute atomic E-state index is 12.6. The Labute approximate surface area is 210 Å². The minimum absolute atomic E-state index is 0.189. The topological polar surface area (TPSA) is 130 Å². The molecule has 10 nitrogen and oxygen atoms in total. The van der Waals surface area contributed by atoms with Crippen LogP contribution in [0.25, 0.3) is 0 Å². The number of carbonyl (C=O) groups excluding carboxylic acids is 4. The van der Waals surface area contributed by atoms with E-state index in [9.17, 15) is 19.2 Å². The quantitative estimate of drug-likeness (QED) is 0.185. The van der Waals surface area contributed by atoms with Gasteiger partial charge in [-0.1, -0.05) is 12.7 Å². The average Bonchev–Trinajstić information content (AvgIpc) is 3.58.